The summed E-state index contributed by atoms with van der Waals surface area (Å²) in [6.07, 6.45) is 0. The molecule has 0 aliphatic heterocycles. The average molecular weight is 168 g/mol. The first-order chi connectivity index (χ1) is 5.57. The van der Waals surface area contributed by atoms with Crippen molar-refractivity contribution in [1.29, 1.82) is 0 Å². The van der Waals surface area contributed by atoms with E-state index >= 15 is 0 Å². The summed E-state index contributed by atoms with van der Waals surface area (Å²) in [5.74, 6) is 0.620. The van der Waals surface area contributed by atoms with Crippen molar-refractivity contribution in [2.24, 2.45) is 10.9 Å². The van der Waals surface area contributed by atoms with Gasteiger partial charge in [-0.3, -0.25) is 4.99 Å². The van der Waals surface area contributed by atoms with Crippen LogP contribution in [0, 0.1) is 5.92 Å². The molecule has 0 aliphatic carbocycles. The van der Waals surface area contributed by atoms with Gasteiger partial charge in [-0.25, -0.2) is 0 Å². The Labute approximate surface area is 75.8 Å². The van der Waals surface area contributed by atoms with E-state index in [4.69, 9.17) is 0 Å². The molecule has 0 saturated carbocycles. The van der Waals surface area contributed by atoms with E-state index in [0.717, 1.165) is 24.5 Å². The summed E-state index contributed by atoms with van der Waals surface area (Å²) in [7, 11) is 0. The lowest BCUT2D eigenvalue weighted by molar-refractivity contribution is 0.665. The van der Waals surface area contributed by atoms with Gasteiger partial charge in [0.25, 0.3) is 0 Å². The van der Waals surface area contributed by atoms with E-state index in [1.54, 1.807) is 0 Å². The summed E-state index contributed by atoms with van der Waals surface area (Å²) in [6, 6.07) is 0. The molecule has 0 aromatic rings. The third-order valence-corrected chi connectivity index (χ3v) is 1.52. The Morgan fingerprint density at radius 1 is 1.50 bits per heavy atom. The van der Waals surface area contributed by atoms with Gasteiger partial charge in [0, 0.05) is 18.8 Å². The normalized spacial score (nSPS) is 11.9. The summed E-state index contributed by atoms with van der Waals surface area (Å²) >= 11 is 0. The van der Waals surface area contributed by atoms with E-state index in [2.05, 4.69) is 37.7 Å². The molecule has 70 valence electrons. The molecule has 0 saturated heterocycles. The molecule has 0 spiro atoms. The number of rotatable bonds is 5. The average Bonchev–Trinajstić information content (AvgIpc) is 2.00. The molecule has 12 heavy (non-hydrogen) atoms. The standard InChI is InChI=1S/C10H20N2/c1-6-11-9(4)10(5)12-7-8(2)3/h8,11H,4,6-7H2,1-3,5H3/b12-10-. The van der Waals surface area contributed by atoms with Gasteiger partial charge >= 0.3 is 0 Å². The molecule has 0 bridgehead atoms. The van der Waals surface area contributed by atoms with Crippen LogP contribution < -0.4 is 5.32 Å². The first-order valence-corrected chi connectivity index (χ1v) is 4.52. The smallest absolute Gasteiger partial charge is 0.0542 e. The van der Waals surface area contributed by atoms with Gasteiger partial charge in [0.2, 0.25) is 0 Å². The predicted octanol–water partition coefficient (Wildman–Crippen LogP) is 2.23. The van der Waals surface area contributed by atoms with E-state index < -0.39 is 0 Å². The van der Waals surface area contributed by atoms with Crippen LogP contribution in [0.5, 0.6) is 0 Å². The van der Waals surface area contributed by atoms with E-state index in [1.807, 2.05) is 6.92 Å². The Balaban J connectivity index is 3.90. The SMILES string of the molecule is C=C(NCC)/C(C)=N\CC(C)C. The Bertz CT molecular complexity index is 169. The van der Waals surface area contributed by atoms with Crippen LogP contribution in [-0.2, 0) is 0 Å². The van der Waals surface area contributed by atoms with E-state index in [9.17, 15) is 0 Å². The fourth-order valence-electron chi connectivity index (χ4n) is 0.756. The third kappa shape index (κ3) is 4.94. The van der Waals surface area contributed by atoms with Crippen molar-refractivity contribution < 1.29 is 0 Å². The zero-order chi connectivity index (χ0) is 9.56. The van der Waals surface area contributed by atoms with Crippen LogP contribution in [-0.4, -0.2) is 18.8 Å². The molecule has 0 aliphatic rings. The van der Waals surface area contributed by atoms with Gasteiger partial charge in [-0.05, 0) is 19.8 Å². The number of hydrogen-bond donors (Lipinski definition) is 1. The fraction of sp³-hybridized carbons (Fsp3) is 0.700. The number of allylic oxidation sites excluding steroid dienone is 1. The zero-order valence-electron chi connectivity index (χ0n) is 8.65. The molecule has 0 aromatic heterocycles. The molecular weight excluding hydrogens is 148 g/mol. The molecule has 0 unspecified atom stereocenters. The van der Waals surface area contributed by atoms with Crippen molar-refractivity contribution in [1.82, 2.24) is 5.32 Å². The highest BCUT2D eigenvalue weighted by atomic mass is 14.9. The van der Waals surface area contributed by atoms with Crippen molar-refractivity contribution in [3.63, 3.8) is 0 Å². The molecule has 1 N–H and O–H groups in total. The summed E-state index contributed by atoms with van der Waals surface area (Å²) in [6.45, 7) is 14.0. The van der Waals surface area contributed by atoms with Crippen LogP contribution in [0.1, 0.15) is 27.7 Å². The highest BCUT2D eigenvalue weighted by molar-refractivity contribution is 5.97. The highest BCUT2D eigenvalue weighted by Gasteiger charge is 1.96. The molecular formula is C10H20N2. The van der Waals surface area contributed by atoms with E-state index in [1.165, 1.54) is 0 Å². The maximum absolute atomic E-state index is 4.40. The lowest BCUT2D eigenvalue weighted by Crippen LogP contribution is -2.17. The minimum absolute atomic E-state index is 0.620. The van der Waals surface area contributed by atoms with Gasteiger partial charge in [0.15, 0.2) is 0 Å². The summed E-state index contributed by atoms with van der Waals surface area (Å²) in [4.78, 5) is 4.40. The van der Waals surface area contributed by atoms with Crippen molar-refractivity contribution in [3.05, 3.63) is 12.3 Å². The van der Waals surface area contributed by atoms with Gasteiger partial charge in [0.1, 0.15) is 0 Å². The van der Waals surface area contributed by atoms with Crippen molar-refractivity contribution in [2.75, 3.05) is 13.1 Å². The van der Waals surface area contributed by atoms with Crippen molar-refractivity contribution >= 4 is 5.71 Å². The molecule has 0 aromatic carbocycles. The monoisotopic (exact) mass is 168 g/mol. The number of aliphatic imine (C=N–C) groups is 1. The molecule has 2 nitrogen and oxygen atoms in total. The maximum atomic E-state index is 4.40. The van der Waals surface area contributed by atoms with Gasteiger partial charge in [-0.15, -0.1) is 0 Å². The largest absolute Gasteiger partial charge is 0.384 e. The minimum atomic E-state index is 0.620. The quantitative estimate of drug-likeness (QED) is 0.625. The maximum Gasteiger partial charge on any atom is 0.0542 e. The number of hydrogen-bond acceptors (Lipinski definition) is 2. The summed E-state index contributed by atoms with van der Waals surface area (Å²) in [5.41, 5.74) is 1.96. The summed E-state index contributed by atoms with van der Waals surface area (Å²) < 4.78 is 0. The van der Waals surface area contributed by atoms with Crippen LogP contribution in [0.2, 0.25) is 0 Å². The van der Waals surface area contributed by atoms with Gasteiger partial charge in [-0.2, -0.15) is 0 Å². The number of nitrogens with one attached hydrogen (secondary N) is 1. The van der Waals surface area contributed by atoms with Gasteiger partial charge in [0.05, 0.1) is 5.71 Å². The van der Waals surface area contributed by atoms with Crippen molar-refractivity contribution in [3.8, 4) is 0 Å². The third-order valence-electron chi connectivity index (χ3n) is 1.52. The molecule has 0 heterocycles. The first kappa shape index (κ1) is 11.2. The molecule has 0 fully saturated rings. The Morgan fingerprint density at radius 3 is 2.50 bits per heavy atom. The molecule has 0 atom stereocenters. The second-order valence-corrected chi connectivity index (χ2v) is 3.33. The lowest BCUT2D eigenvalue weighted by Gasteiger charge is -2.07. The molecule has 2 heteroatoms. The zero-order valence-corrected chi connectivity index (χ0v) is 8.65. The van der Waals surface area contributed by atoms with Crippen LogP contribution in [0.25, 0.3) is 0 Å². The lowest BCUT2D eigenvalue weighted by atomic mass is 10.2. The van der Waals surface area contributed by atoms with E-state index in [-0.39, 0.29) is 0 Å². The molecule has 0 rings (SSSR count). The van der Waals surface area contributed by atoms with E-state index in [0.29, 0.717) is 5.92 Å². The van der Waals surface area contributed by atoms with Crippen molar-refractivity contribution in [2.45, 2.75) is 27.7 Å². The Kier molecular flexibility index (Phi) is 5.43. The predicted molar refractivity (Wildman–Crippen MR) is 55.6 cm³/mol. The Hall–Kier alpha value is -0.790. The van der Waals surface area contributed by atoms with Gasteiger partial charge < -0.3 is 5.32 Å². The topological polar surface area (TPSA) is 24.4 Å². The second kappa shape index (κ2) is 5.81. The Morgan fingerprint density at radius 2 is 2.08 bits per heavy atom. The highest BCUT2D eigenvalue weighted by Crippen LogP contribution is 1.95. The second-order valence-electron chi connectivity index (χ2n) is 3.33. The minimum Gasteiger partial charge on any atom is -0.384 e. The fourth-order valence-corrected chi connectivity index (χ4v) is 0.756. The van der Waals surface area contributed by atoms with Crippen LogP contribution in [0.3, 0.4) is 0 Å². The summed E-state index contributed by atoms with van der Waals surface area (Å²) in [5, 5.41) is 3.14. The van der Waals surface area contributed by atoms with Crippen LogP contribution in [0.4, 0.5) is 0 Å². The van der Waals surface area contributed by atoms with Crippen LogP contribution in [0.15, 0.2) is 17.3 Å². The number of nitrogens with zero attached hydrogens (tertiary/aromatic N) is 1. The first-order valence-electron chi connectivity index (χ1n) is 4.52. The van der Waals surface area contributed by atoms with Gasteiger partial charge in [-0.1, -0.05) is 20.4 Å². The molecule has 0 radical (unpaired) electrons. The van der Waals surface area contributed by atoms with Crippen LogP contribution >= 0.6 is 0 Å². The molecule has 0 amide bonds.